The molecule has 0 aromatic heterocycles. The van der Waals surface area contributed by atoms with Crippen molar-refractivity contribution in [2.75, 3.05) is 6.54 Å². The monoisotopic (exact) mass is 414 g/mol. The van der Waals surface area contributed by atoms with Crippen molar-refractivity contribution in [2.45, 2.75) is 44.2 Å². The lowest BCUT2D eigenvalue weighted by atomic mass is 10.2. The van der Waals surface area contributed by atoms with Crippen LogP contribution in [0.25, 0.3) is 0 Å². The van der Waals surface area contributed by atoms with Crippen molar-refractivity contribution >= 4 is 19.2 Å². The van der Waals surface area contributed by atoms with Gasteiger partial charge in [0, 0.05) is 18.9 Å². The maximum atomic E-state index is 13.9. The molecule has 2 N–H and O–H groups in total. The average molecular weight is 414 g/mol. The van der Waals surface area contributed by atoms with Crippen LogP contribution < -0.4 is 5.09 Å². The Morgan fingerprint density at radius 1 is 1.07 bits per heavy atom. The van der Waals surface area contributed by atoms with E-state index in [0.29, 0.717) is 31.7 Å². The van der Waals surface area contributed by atoms with Crippen LogP contribution in [0.2, 0.25) is 0 Å². The van der Waals surface area contributed by atoms with Gasteiger partial charge in [-0.05, 0) is 30.9 Å². The molecule has 1 saturated heterocycles. The minimum absolute atomic E-state index is 0.309. The van der Waals surface area contributed by atoms with E-state index in [1.54, 1.807) is 6.92 Å². The Kier molecular flexibility index (Phi) is 6.88. The number of carbonyl (C=O) groups is 2. The van der Waals surface area contributed by atoms with E-state index in [1.807, 2.05) is 60.7 Å². The van der Waals surface area contributed by atoms with Crippen molar-refractivity contribution in [3.63, 3.8) is 0 Å². The van der Waals surface area contributed by atoms with Crippen LogP contribution in [0, 0.1) is 0 Å². The van der Waals surface area contributed by atoms with Gasteiger partial charge in [-0.3, -0.25) is 9.88 Å². The van der Waals surface area contributed by atoms with Gasteiger partial charge in [-0.15, -0.1) is 0 Å². The fourth-order valence-electron chi connectivity index (χ4n) is 3.85. The summed E-state index contributed by atoms with van der Waals surface area (Å²) in [6.07, 6.45) is 1.77. The number of carboxylic acid groups (broad SMARTS) is 1. The lowest BCUT2D eigenvalue weighted by Gasteiger charge is -2.29. The third kappa shape index (κ3) is 5.55. The maximum absolute atomic E-state index is 13.9. The number of benzene rings is 2. The molecule has 0 bridgehead atoms. The smallest absolute Gasteiger partial charge is 0.326 e. The molecule has 1 amide bonds. The fourth-order valence-corrected chi connectivity index (χ4v) is 6.56. The summed E-state index contributed by atoms with van der Waals surface area (Å²) < 4.78 is 13.9. The largest absolute Gasteiger partial charge is 0.480 e. The number of amides is 1. The van der Waals surface area contributed by atoms with E-state index in [0.717, 1.165) is 11.1 Å². The molecule has 2 aromatic carbocycles. The summed E-state index contributed by atoms with van der Waals surface area (Å²) in [5.41, 5.74) is 1.87. The highest BCUT2D eigenvalue weighted by atomic mass is 31.2. The van der Waals surface area contributed by atoms with E-state index in [2.05, 4.69) is 5.09 Å². The lowest BCUT2D eigenvalue weighted by molar-refractivity contribution is -0.148. The molecule has 29 heavy (non-hydrogen) atoms. The highest BCUT2D eigenvalue weighted by molar-refractivity contribution is 7.60. The number of nitrogens with one attached hydrogen (secondary N) is 1. The van der Waals surface area contributed by atoms with E-state index in [1.165, 1.54) is 4.90 Å². The van der Waals surface area contributed by atoms with Crippen LogP contribution in [0.4, 0.5) is 0 Å². The van der Waals surface area contributed by atoms with Crippen molar-refractivity contribution in [2.24, 2.45) is 0 Å². The maximum Gasteiger partial charge on any atom is 0.326 e. The predicted octanol–water partition coefficient (Wildman–Crippen LogP) is 3.72. The Morgan fingerprint density at radius 2 is 1.59 bits per heavy atom. The van der Waals surface area contributed by atoms with Crippen LogP contribution in [-0.4, -0.2) is 40.5 Å². The highest BCUT2D eigenvalue weighted by Gasteiger charge is 2.37. The van der Waals surface area contributed by atoms with Crippen LogP contribution in [0.5, 0.6) is 0 Å². The minimum atomic E-state index is -3.00. The molecular weight excluding hydrogens is 387 g/mol. The molecule has 0 radical (unpaired) electrons. The molecule has 0 spiro atoms. The Balaban J connectivity index is 1.79. The number of likely N-dealkylation sites (tertiary alicyclic amines) is 1. The molecule has 6 nitrogen and oxygen atoms in total. The summed E-state index contributed by atoms with van der Waals surface area (Å²) in [6.45, 7) is 2.09. The van der Waals surface area contributed by atoms with Gasteiger partial charge in [0.2, 0.25) is 5.91 Å². The number of rotatable bonds is 8. The second-order valence-electron chi connectivity index (χ2n) is 7.56. The van der Waals surface area contributed by atoms with E-state index in [-0.39, 0.29) is 5.91 Å². The second kappa shape index (κ2) is 9.38. The van der Waals surface area contributed by atoms with Gasteiger partial charge >= 0.3 is 5.97 Å². The zero-order chi connectivity index (χ0) is 20.9. The Bertz CT molecular complexity index is 843. The first-order valence-corrected chi connectivity index (χ1v) is 11.9. The Labute approximate surface area is 171 Å². The van der Waals surface area contributed by atoms with Gasteiger partial charge in [0.15, 0.2) is 7.29 Å². The van der Waals surface area contributed by atoms with Crippen molar-refractivity contribution in [3.8, 4) is 0 Å². The SMILES string of the molecule is C[C@H](NP(=O)(Cc1ccccc1)Cc1ccccc1)C(=O)N1CCC[C@H]1C(=O)O. The molecule has 0 unspecified atom stereocenters. The zero-order valence-electron chi connectivity index (χ0n) is 16.5. The number of hydrogen-bond acceptors (Lipinski definition) is 3. The van der Waals surface area contributed by atoms with Gasteiger partial charge < -0.3 is 14.6 Å². The summed E-state index contributed by atoms with van der Waals surface area (Å²) in [4.78, 5) is 25.8. The van der Waals surface area contributed by atoms with E-state index >= 15 is 0 Å². The zero-order valence-corrected chi connectivity index (χ0v) is 17.4. The number of carboxylic acids is 1. The molecule has 1 fully saturated rings. The summed E-state index contributed by atoms with van der Waals surface area (Å²) in [5, 5.41) is 12.5. The average Bonchev–Trinajstić information content (AvgIpc) is 3.18. The van der Waals surface area contributed by atoms with Crippen LogP contribution in [0.1, 0.15) is 30.9 Å². The van der Waals surface area contributed by atoms with Gasteiger partial charge in [0.25, 0.3) is 0 Å². The molecule has 154 valence electrons. The number of aliphatic carboxylic acids is 1. The third-order valence-corrected chi connectivity index (χ3v) is 7.79. The van der Waals surface area contributed by atoms with Crippen LogP contribution >= 0.6 is 7.29 Å². The van der Waals surface area contributed by atoms with Crippen molar-refractivity contribution in [3.05, 3.63) is 71.8 Å². The summed E-state index contributed by atoms with van der Waals surface area (Å²) in [6, 6.07) is 17.6. The first-order chi connectivity index (χ1) is 13.9. The van der Waals surface area contributed by atoms with Gasteiger partial charge in [-0.1, -0.05) is 60.7 Å². The quantitative estimate of drug-likeness (QED) is 0.643. The Hall–Kier alpha value is -2.43. The molecule has 3 rings (SSSR count). The first-order valence-electron chi connectivity index (χ1n) is 9.85. The van der Waals surface area contributed by atoms with Gasteiger partial charge in [-0.2, -0.15) is 0 Å². The van der Waals surface area contributed by atoms with E-state index in [9.17, 15) is 19.3 Å². The Morgan fingerprint density at radius 3 is 2.07 bits per heavy atom. The lowest BCUT2D eigenvalue weighted by Crippen LogP contribution is -2.48. The van der Waals surface area contributed by atoms with Crippen molar-refractivity contribution in [1.29, 1.82) is 0 Å². The molecule has 0 aliphatic carbocycles. The van der Waals surface area contributed by atoms with Crippen LogP contribution in [0.15, 0.2) is 60.7 Å². The van der Waals surface area contributed by atoms with Gasteiger partial charge in [-0.25, -0.2) is 4.79 Å². The standard InChI is InChI=1S/C22H27N2O4P/c1-17(21(25)24-14-8-13-20(24)22(26)27)23-29(28,15-18-9-4-2-5-10-18)16-19-11-6-3-7-12-19/h2-7,9-12,17,20H,8,13-16H2,1H3,(H,23,28)(H,26,27)/t17-,20-/m0/s1. The molecule has 1 aliphatic rings. The molecule has 2 aromatic rings. The first kappa shape index (κ1) is 21.3. The predicted molar refractivity (Wildman–Crippen MR) is 113 cm³/mol. The van der Waals surface area contributed by atoms with Gasteiger partial charge in [0.05, 0.1) is 6.04 Å². The molecule has 7 heteroatoms. The minimum Gasteiger partial charge on any atom is -0.480 e. The van der Waals surface area contributed by atoms with E-state index < -0.39 is 25.3 Å². The molecule has 2 atom stereocenters. The van der Waals surface area contributed by atoms with Crippen molar-refractivity contribution in [1.82, 2.24) is 9.99 Å². The number of nitrogens with zero attached hydrogens (tertiary/aromatic N) is 1. The van der Waals surface area contributed by atoms with E-state index in [4.69, 9.17) is 0 Å². The van der Waals surface area contributed by atoms with Gasteiger partial charge in [0.1, 0.15) is 6.04 Å². The normalized spacial score (nSPS) is 17.8. The summed E-state index contributed by atoms with van der Waals surface area (Å²) >= 11 is 0. The highest BCUT2D eigenvalue weighted by Crippen LogP contribution is 2.49. The van der Waals surface area contributed by atoms with Crippen LogP contribution in [0.3, 0.4) is 0 Å². The molecule has 1 heterocycles. The molecule has 1 aliphatic heterocycles. The van der Waals surface area contributed by atoms with Crippen molar-refractivity contribution < 1.29 is 19.3 Å². The van der Waals surface area contributed by atoms with Crippen LogP contribution in [-0.2, 0) is 26.5 Å². The topological polar surface area (TPSA) is 86.7 Å². The third-order valence-electron chi connectivity index (χ3n) is 5.18. The number of hydrogen-bond donors (Lipinski definition) is 2. The number of carbonyl (C=O) groups excluding carboxylic acids is 1. The molecular formula is C22H27N2O4P. The second-order valence-corrected chi connectivity index (χ2v) is 10.2. The fraction of sp³-hybridized carbons (Fsp3) is 0.364. The summed E-state index contributed by atoms with van der Waals surface area (Å²) in [5.74, 6) is -1.30. The summed E-state index contributed by atoms with van der Waals surface area (Å²) in [7, 11) is -3.00. The molecule has 0 saturated carbocycles.